The van der Waals surface area contributed by atoms with Gasteiger partial charge in [-0.15, -0.1) is 0 Å². The summed E-state index contributed by atoms with van der Waals surface area (Å²) in [7, 11) is 0. The number of benzene rings is 1. The predicted molar refractivity (Wildman–Crippen MR) is 70.5 cm³/mol. The average molecular weight is 278 g/mol. The Morgan fingerprint density at radius 2 is 1.85 bits per heavy atom. The van der Waals surface area contributed by atoms with Crippen molar-refractivity contribution in [2.45, 2.75) is 12.5 Å². The molecule has 0 bridgehead atoms. The third kappa shape index (κ3) is 5.21. The fourth-order valence-corrected chi connectivity index (χ4v) is 1.38. The maximum atomic E-state index is 11.5. The molecule has 0 aliphatic heterocycles. The van der Waals surface area contributed by atoms with Gasteiger partial charge in [-0.1, -0.05) is 12.1 Å². The Balaban J connectivity index is 2.63. The largest absolute Gasteiger partial charge is 0.508 e. The number of phenolic OH excluding ortho intramolecular Hbond substituents is 1. The molecule has 0 saturated heterocycles. The van der Waals surface area contributed by atoms with Crippen LogP contribution in [0.1, 0.15) is 12.0 Å². The number of carboxylic acids is 1. The number of aliphatic carboxylic acids is 1. The van der Waals surface area contributed by atoms with Crippen LogP contribution >= 0.6 is 0 Å². The molecule has 1 aromatic rings. The lowest BCUT2D eigenvalue weighted by molar-refractivity contribution is -0.142. The summed E-state index contributed by atoms with van der Waals surface area (Å²) in [5.41, 5.74) is 5.54. The summed E-state index contributed by atoms with van der Waals surface area (Å²) in [6.45, 7) is 0. The van der Waals surface area contributed by atoms with E-state index in [-0.39, 0.29) is 5.75 Å². The molecule has 1 aromatic carbocycles. The maximum absolute atomic E-state index is 11.5. The SMILES string of the molecule is NC(=O)CC(NC(=O)/C=C/c1ccc(O)cc1)C(=O)O. The number of carbonyl (C=O) groups is 3. The quantitative estimate of drug-likeness (QED) is 0.538. The first-order valence-corrected chi connectivity index (χ1v) is 5.67. The Bertz CT molecular complexity index is 536. The van der Waals surface area contributed by atoms with Gasteiger partial charge in [0, 0.05) is 6.08 Å². The summed E-state index contributed by atoms with van der Waals surface area (Å²) in [5, 5.41) is 20.1. The summed E-state index contributed by atoms with van der Waals surface area (Å²) in [6, 6.07) is 4.70. The lowest BCUT2D eigenvalue weighted by Crippen LogP contribution is -2.42. The van der Waals surface area contributed by atoms with Gasteiger partial charge in [0.05, 0.1) is 6.42 Å². The number of aromatic hydroxyl groups is 1. The molecule has 0 heterocycles. The molecule has 0 saturated carbocycles. The molecule has 106 valence electrons. The lowest BCUT2D eigenvalue weighted by atomic mass is 10.2. The van der Waals surface area contributed by atoms with Gasteiger partial charge in [0.1, 0.15) is 11.8 Å². The zero-order chi connectivity index (χ0) is 15.1. The zero-order valence-corrected chi connectivity index (χ0v) is 10.4. The molecule has 20 heavy (non-hydrogen) atoms. The normalized spacial score (nSPS) is 12.0. The molecule has 1 atom stereocenters. The Morgan fingerprint density at radius 3 is 2.35 bits per heavy atom. The second kappa shape index (κ2) is 6.93. The van der Waals surface area contributed by atoms with Gasteiger partial charge in [0.2, 0.25) is 11.8 Å². The van der Waals surface area contributed by atoms with E-state index in [4.69, 9.17) is 15.9 Å². The van der Waals surface area contributed by atoms with Crippen LogP contribution in [-0.2, 0) is 14.4 Å². The fourth-order valence-electron chi connectivity index (χ4n) is 1.38. The molecule has 0 spiro atoms. The van der Waals surface area contributed by atoms with Gasteiger partial charge in [-0.2, -0.15) is 0 Å². The number of hydrogen-bond donors (Lipinski definition) is 4. The van der Waals surface area contributed by atoms with Gasteiger partial charge in [0.15, 0.2) is 0 Å². The summed E-state index contributed by atoms with van der Waals surface area (Å²) in [5.74, 6) is -2.72. The highest BCUT2D eigenvalue weighted by Gasteiger charge is 2.20. The molecule has 7 heteroatoms. The van der Waals surface area contributed by atoms with Crippen molar-refractivity contribution in [3.63, 3.8) is 0 Å². The standard InChI is InChI=1S/C13H14N2O5/c14-11(17)7-10(13(19)20)15-12(18)6-3-8-1-4-9(16)5-2-8/h1-6,10,16H,7H2,(H2,14,17)(H,15,18)(H,19,20)/b6-3+. The van der Waals surface area contributed by atoms with Gasteiger partial charge in [-0.3, -0.25) is 9.59 Å². The van der Waals surface area contributed by atoms with E-state index in [1.165, 1.54) is 18.2 Å². The highest BCUT2D eigenvalue weighted by molar-refractivity contribution is 5.95. The van der Waals surface area contributed by atoms with E-state index < -0.39 is 30.2 Å². The molecule has 0 aromatic heterocycles. The smallest absolute Gasteiger partial charge is 0.326 e. The number of carboxylic acid groups (broad SMARTS) is 1. The van der Waals surface area contributed by atoms with E-state index in [9.17, 15) is 14.4 Å². The highest BCUT2D eigenvalue weighted by atomic mass is 16.4. The first-order valence-electron chi connectivity index (χ1n) is 5.67. The first kappa shape index (κ1) is 15.2. The van der Waals surface area contributed by atoms with Crippen LogP contribution in [0, 0.1) is 0 Å². The second-order valence-electron chi connectivity index (χ2n) is 3.99. The Kier molecular flexibility index (Phi) is 5.28. The number of carbonyl (C=O) groups excluding carboxylic acids is 2. The Morgan fingerprint density at radius 1 is 1.25 bits per heavy atom. The minimum Gasteiger partial charge on any atom is -0.508 e. The molecular formula is C13H14N2O5. The molecule has 1 rings (SSSR count). The predicted octanol–water partition coefficient (Wildman–Crippen LogP) is -0.150. The molecule has 0 aliphatic carbocycles. The second-order valence-corrected chi connectivity index (χ2v) is 3.99. The van der Waals surface area contributed by atoms with Crippen molar-refractivity contribution in [1.82, 2.24) is 5.32 Å². The van der Waals surface area contributed by atoms with Crippen molar-refractivity contribution >= 4 is 23.9 Å². The zero-order valence-electron chi connectivity index (χ0n) is 10.4. The Labute approximate surface area is 114 Å². The fraction of sp³-hybridized carbons (Fsp3) is 0.154. The molecule has 7 nitrogen and oxygen atoms in total. The average Bonchev–Trinajstić information content (AvgIpc) is 2.36. The molecule has 5 N–H and O–H groups in total. The molecule has 1 unspecified atom stereocenters. The van der Waals surface area contributed by atoms with Crippen molar-refractivity contribution < 1.29 is 24.6 Å². The Hall–Kier alpha value is -2.83. The van der Waals surface area contributed by atoms with Crippen LogP contribution in [0.25, 0.3) is 6.08 Å². The highest BCUT2D eigenvalue weighted by Crippen LogP contribution is 2.10. The molecule has 2 amide bonds. The van der Waals surface area contributed by atoms with Gasteiger partial charge in [-0.05, 0) is 23.8 Å². The topological polar surface area (TPSA) is 130 Å². The summed E-state index contributed by atoms with van der Waals surface area (Å²) >= 11 is 0. The van der Waals surface area contributed by atoms with Crippen LogP contribution in [0.15, 0.2) is 30.3 Å². The van der Waals surface area contributed by atoms with E-state index >= 15 is 0 Å². The van der Waals surface area contributed by atoms with E-state index in [1.54, 1.807) is 12.1 Å². The molecule has 0 aliphatic rings. The number of nitrogens with one attached hydrogen (secondary N) is 1. The molecule has 0 fully saturated rings. The van der Waals surface area contributed by atoms with Crippen LogP contribution in [0.5, 0.6) is 5.75 Å². The van der Waals surface area contributed by atoms with E-state index in [1.807, 2.05) is 0 Å². The van der Waals surface area contributed by atoms with Gasteiger partial charge in [-0.25, -0.2) is 4.79 Å². The number of phenols is 1. The van der Waals surface area contributed by atoms with Crippen molar-refractivity contribution in [2.24, 2.45) is 5.73 Å². The van der Waals surface area contributed by atoms with E-state index in [2.05, 4.69) is 5.32 Å². The monoisotopic (exact) mass is 278 g/mol. The molecule has 0 radical (unpaired) electrons. The van der Waals surface area contributed by atoms with Crippen LogP contribution < -0.4 is 11.1 Å². The van der Waals surface area contributed by atoms with Crippen LogP contribution in [0.4, 0.5) is 0 Å². The third-order valence-corrected chi connectivity index (χ3v) is 2.34. The lowest BCUT2D eigenvalue weighted by Gasteiger charge is -2.10. The number of primary amides is 1. The van der Waals surface area contributed by atoms with Crippen molar-refractivity contribution in [1.29, 1.82) is 0 Å². The number of hydrogen-bond acceptors (Lipinski definition) is 4. The summed E-state index contributed by atoms with van der Waals surface area (Å²) in [4.78, 5) is 33.0. The van der Waals surface area contributed by atoms with Crippen LogP contribution in [0.3, 0.4) is 0 Å². The van der Waals surface area contributed by atoms with Gasteiger partial charge in [0.25, 0.3) is 0 Å². The molecular weight excluding hydrogens is 264 g/mol. The summed E-state index contributed by atoms with van der Waals surface area (Å²) in [6.07, 6.45) is 2.09. The van der Waals surface area contributed by atoms with Gasteiger partial charge < -0.3 is 21.3 Å². The summed E-state index contributed by atoms with van der Waals surface area (Å²) < 4.78 is 0. The van der Waals surface area contributed by atoms with Crippen molar-refractivity contribution in [2.75, 3.05) is 0 Å². The third-order valence-electron chi connectivity index (χ3n) is 2.34. The number of nitrogens with two attached hydrogens (primary N) is 1. The van der Waals surface area contributed by atoms with E-state index in [0.29, 0.717) is 5.56 Å². The van der Waals surface area contributed by atoms with E-state index in [0.717, 1.165) is 6.08 Å². The van der Waals surface area contributed by atoms with Crippen molar-refractivity contribution in [3.05, 3.63) is 35.9 Å². The van der Waals surface area contributed by atoms with Gasteiger partial charge >= 0.3 is 5.97 Å². The number of amides is 2. The minimum absolute atomic E-state index is 0.0963. The maximum Gasteiger partial charge on any atom is 0.326 e. The number of rotatable bonds is 6. The van der Waals surface area contributed by atoms with Crippen LogP contribution in [-0.4, -0.2) is 34.0 Å². The van der Waals surface area contributed by atoms with Crippen molar-refractivity contribution in [3.8, 4) is 5.75 Å². The minimum atomic E-state index is -1.36. The van der Waals surface area contributed by atoms with Crippen LogP contribution in [0.2, 0.25) is 0 Å². The first-order chi connectivity index (χ1) is 9.38.